The number of halogens is 1. The van der Waals surface area contributed by atoms with Gasteiger partial charge >= 0.3 is 5.97 Å². The summed E-state index contributed by atoms with van der Waals surface area (Å²) in [5, 5.41) is 13.6. The van der Waals surface area contributed by atoms with Crippen molar-refractivity contribution in [2.75, 3.05) is 13.4 Å². The van der Waals surface area contributed by atoms with Gasteiger partial charge in [-0.3, -0.25) is 0 Å². The Labute approximate surface area is 148 Å². The second-order valence-electron chi connectivity index (χ2n) is 5.24. The Morgan fingerprint density at radius 3 is 2.79 bits per heavy atom. The first-order valence-corrected chi connectivity index (χ1v) is 8.78. The molecule has 1 aromatic heterocycles. The Balaban J connectivity index is 2.05. The lowest BCUT2D eigenvalue weighted by Crippen LogP contribution is -2.04. The fourth-order valence-electron chi connectivity index (χ4n) is 2.33. The Morgan fingerprint density at radius 1 is 1.50 bits per heavy atom. The highest BCUT2D eigenvalue weighted by molar-refractivity contribution is 7.97. The molecule has 8 heteroatoms. The fraction of sp³-hybridized carbons (Fsp3) is 0.312. The van der Waals surface area contributed by atoms with Crippen LogP contribution >= 0.6 is 23.5 Å². The van der Waals surface area contributed by atoms with Crippen molar-refractivity contribution < 1.29 is 14.3 Å². The largest absolute Gasteiger partial charge is 0.464 e. The van der Waals surface area contributed by atoms with Crippen LogP contribution in [0.2, 0.25) is 5.02 Å². The lowest BCUT2D eigenvalue weighted by atomic mass is 10.2. The maximum Gasteiger partial charge on any atom is 0.362 e. The quantitative estimate of drug-likeness (QED) is 0.747. The molecular formula is C16H14ClN3O3S. The normalized spacial score (nSPS) is 13.4. The van der Waals surface area contributed by atoms with E-state index < -0.39 is 5.97 Å². The van der Waals surface area contributed by atoms with Crippen LogP contribution in [-0.2, 0) is 4.74 Å². The number of carbonyl (C=O) groups is 1. The molecule has 0 saturated heterocycles. The molecule has 0 spiro atoms. The summed E-state index contributed by atoms with van der Waals surface area (Å²) in [5.41, 5.74) is 1.36. The average molecular weight is 364 g/mol. The number of ether oxygens (including phenoxy) is 2. The van der Waals surface area contributed by atoms with E-state index in [0.29, 0.717) is 28.0 Å². The van der Waals surface area contributed by atoms with Crippen LogP contribution in [0.5, 0.6) is 11.5 Å². The third-order valence-electron chi connectivity index (χ3n) is 3.64. The minimum Gasteiger partial charge on any atom is -0.464 e. The summed E-state index contributed by atoms with van der Waals surface area (Å²) in [5.74, 6) is 0.581. The van der Waals surface area contributed by atoms with Crippen molar-refractivity contribution in [3.05, 3.63) is 40.2 Å². The molecule has 0 aliphatic heterocycles. The molecule has 0 amide bonds. The van der Waals surface area contributed by atoms with E-state index in [1.807, 2.05) is 12.3 Å². The molecule has 0 radical (unpaired) electrons. The number of nitriles is 1. The van der Waals surface area contributed by atoms with Gasteiger partial charge < -0.3 is 9.47 Å². The number of hydrogen-bond acceptors (Lipinski definition) is 6. The van der Waals surface area contributed by atoms with Crippen LogP contribution in [0.15, 0.2) is 18.2 Å². The van der Waals surface area contributed by atoms with Crippen LogP contribution in [-0.4, -0.2) is 28.5 Å². The monoisotopic (exact) mass is 363 g/mol. The fourth-order valence-corrected chi connectivity index (χ4v) is 3.14. The van der Waals surface area contributed by atoms with Crippen LogP contribution in [0, 0.1) is 11.3 Å². The maximum absolute atomic E-state index is 12.1. The number of methoxy groups -OCH3 is 1. The molecule has 1 heterocycles. The van der Waals surface area contributed by atoms with Crippen molar-refractivity contribution in [1.82, 2.24) is 9.19 Å². The van der Waals surface area contributed by atoms with E-state index in [0.717, 1.165) is 18.5 Å². The number of benzene rings is 1. The molecule has 0 unspecified atom stereocenters. The van der Waals surface area contributed by atoms with Crippen molar-refractivity contribution in [1.29, 1.82) is 5.26 Å². The first-order chi connectivity index (χ1) is 11.6. The standard InChI is InChI=1S/C16H14ClN3O3S/c1-22-16(21)13-15(14(9-3-4-9)20(19-13)24-2)23-11-6-5-10(8-18)12(17)7-11/h5-7,9H,3-4H2,1-2H3. The van der Waals surface area contributed by atoms with Gasteiger partial charge in [-0.2, -0.15) is 10.4 Å². The first kappa shape index (κ1) is 16.7. The summed E-state index contributed by atoms with van der Waals surface area (Å²) in [6.45, 7) is 0. The zero-order chi connectivity index (χ0) is 17.3. The SMILES string of the molecule is COC(=O)c1nn(SC)c(C2CC2)c1Oc1ccc(C#N)c(Cl)c1. The van der Waals surface area contributed by atoms with E-state index >= 15 is 0 Å². The molecule has 1 aliphatic carbocycles. The Morgan fingerprint density at radius 2 is 2.25 bits per heavy atom. The smallest absolute Gasteiger partial charge is 0.362 e. The van der Waals surface area contributed by atoms with Crippen molar-refractivity contribution in [3.63, 3.8) is 0 Å². The molecule has 2 aromatic rings. The first-order valence-electron chi connectivity index (χ1n) is 7.22. The number of hydrogen-bond donors (Lipinski definition) is 0. The molecule has 0 N–H and O–H groups in total. The molecule has 1 fully saturated rings. The minimum absolute atomic E-state index is 0.134. The van der Waals surface area contributed by atoms with Gasteiger partial charge in [-0.05, 0) is 36.9 Å². The van der Waals surface area contributed by atoms with E-state index in [-0.39, 0.29) is 5.69 Å². The van der Waals surface area contributed by atoms with E-state index in [1.54, 1.807) is 22.3 Å². The highest BCUT2D eigenvalue weighted by atomic mass is 35.5. The van der Waals surface area contributed by atoms with Gasteiger partial charge in [-0.15, -0.1) is 0 Å². The molecule has 1 saturated carbocycles. The van der Waals surface area contributed by atoms with Crippen molar-refractivity contribution in [2.45, 2.75) is 18.8 Å². The number of nitrogens with zero attached hydrogens (tertiary/aromatic N) is 3. The van der Waals surface area contributed by atoms with Crippen molar-refractivity contribution in [3.8, 4) is 17.6 Å². The molecule has 1 aromatic carbocycles. The third kappa shape index (κ3) is 3.07. The molecule has 24 heavy (non-hydrogen) atoms. The summed E-state index contributed by atoms with van der Waals surface area (Å²) in [7, 11) is 1.31. The highest BCUT2D eigenvalue weighted by Crippen LogP contribution is 2.47. The summed E-state index contributed by atoms with van der Waals surface area (Å²) < 4.78 is 12.5. The van der Waals surface area contributed by atoms with Gasteiger partial charge in [0.15, 0.2) is 5.75 Å². The molecule has 0 atom stereocenters. The van der Waals surface area contributed by atoms with Gasteiger partial charge in [0.1, 0.15) is 11.8 Å². The van der Waals surface area contributed by atoms with Gasteiger partial charge in [-0.25, -0.2) is 8.88 Å². The molecule has 3 rings (SSSR count). The van der Waals surface area contributed by atoms with E-state index in [1.165, 1.54) is 19.1 Å². The highest BCUT2D eigenvalue weighted by Gasteiger charge is 2.36. The van der Waals surface area contributed by atoms with E-state index in [9.17, 15) is 4.79 Å². The average Bonchev–Trinajstić information content (AvgIpc) is 3.36. The predicted molar refractivity (Wildman–Crippen MR) is 90.7 cm³/mol. The number of rotatable bonds is 5. The lowest BCUT2D eigenvalue weighted by Gasteiger charge is -2.09. The van der Waals surface area contributed by atoms with Gasteiger partial charge in [0, 0.05) is 18.2 Å². The van der Waals surface area contributed by atoms with Gasteiger partial charge in [0.05, 0.1) is 23.4 Å². The van der Waals surface area contributed by atoms with Gasteiger partial charge in [0.25, 0.3) is 0 Å². The molecular weight excluding hydrogens is 350 g/mol. The Hall–Kier alpha value is -2.17. The van der Waals surface area contributed by atoms with Gasteiger partial charge in [-0.1, -0.05) is 11.6 Å². The molecule has 6 nitrogen and oxygen atoms in total. The third-order valence-corrected chi connectivity index (χ3v) is 4.58. The predicted octanol–water partition coefficient (Wildman–Crippen LogP) is 3.99. The zero-order valence-electron chi connectivity index (χ0n) is 13.1. The lowest BCUT2D eigenvalue weighted by molar-refractivity contribution is 0.0591. The minimum atomic E-state index is -0.556. The molecule has 124 valence electrons. The van der Waals surface area contributed by atoms with Gasteiger partial charge in [0.2, 0.25) is 5.69 Å². The van der Waals surface area contributed by atoms with Crippen LogP contribution in [0.25, 0.3) is 0 Å². The van der Waals surface area contributed by atoms with Crippen molar-refractivity contribution in [2.24, 2.45) is 0 Å². The number of aromatic nitrogens is 2. The topological polar surface area (TPSA) is 77.1 Å². The number of esters is 1. The molecule has 0 bridgehead atoms. The summed E-state index contributed by atoms with van der Waals surface area (Å²) >= 11 is 7.45. The summed E-state index contributed by atoms with van der Waals surface area (Å²) in [6.07, 6.45) is 3.93. The zero-order valence-corrected chi connectivity index (χ0v) is 14.6. The summed E-state index contributed by atoms with van der Waals surface area (Å²) in [6, 6.07) is 6.76. The van der Waals surface area contributed by atoms with Crippen molar-refractivity contribution >= 4 is 29.5 Å². The van der Waals surface area contributed by atoms with Crippen LogP contribution in [0.4, 0.5) is 0 Å². The van der Waals surface area contributed by atoms with Crippen LogP contribution < -0.4 is 4.74 Å². The second kappa shape index (κ2) is 6.75. The van der Waals surface area contributed by atoms with Crippen LogP contribution in [0.3, 0.4) is 0 Å². The van der Waals surface area contributed by atoms with E-state index in [4.69, 9.17) is 26.3 Å². The summed E-state index contributed by atoms with van der Waals surface area (Å²) in [4.78, 5) is 12.1. The van der Waals surface area contributed by atoms with Crippen LogP contribution in [0.1, 0.15) is 40.5 Å². The number of carbonyl (C=O) groups excluding carboxylic acids is 1. The molecule has 1 aliphatic rings. The van der Waals surface area contributed by atoms with E-state index in [2.05, 4.69) is 5.10 Å². The second-order valence-corrected chi connectivity index (χ2v) is 6.36. The Kier molecular flexibility index (Phi) is 4.69. The maximum atomic E-state index is 12.1. The Bertz CT molecular complexity index is 840.